The van der Waals surface area contributed by atoms with Gasteiger partial charge in [-0.05, 0) is 0 Å². The zero-order valence-corrected chi connectivity index (χ0v) is 9.01. The van der Waals surface area contributed by atoms with Gasteiger partial charge in [-0.3, -0.25) is 5.10 Å². The number of aliphatic hydroxyl groups is 1. The summed E-state index contributed by atoms with van der Waals surface area (Å²) >= 11 is 0. The fourth-order valence-corrected chi connectivity index (χ4v) is 1.15. The highest BCUT2D eigenvalue weighted by Gasteiger charge is 2.18. The van der Waals surface area contributed by atoms with Gasteiger partial charge < -0.3 is 20.8 Å². The maximum Gasteiger partial charge on any atom is 0.326 e. The van der Waals surface area contributed by atoms with Crippen LogP contribution in [-0.2, 0) is 11.3 Å². The van der Waals surface area contributed by atoms with Crippen molar-refractivity contribution in [3.63, 3.8) is 0 Å². The van der Waals surface area contributed by atoms with E-state index >= 15 is 0 Å². The Kier molecular flexibility index (Phi) is 4.95. The molecule has 1 rings (SSSR count). The van der Waals surface area contributed by atoms with Crippen LogP contribution < -0.4 is 10.6 Å². The molecule has 0 spiro atoms. The van der Waals surface area contributed by atoms with Crippen LogP contribution >= 0.6 is 0 Å². The van der Waals surface area contributed by atoms with Crippen molar-refractivity contribution in [3.8, 4) is 0 Å². The highest BCUT2D eigenvalue weighted by Crippen LogP contribution is 1.94. The van der Waals surface area contributed by atoms with Crippen LogP contribution in [-0.4, -0.2) is 45.1 Å². The number of urea groups is 1. The lowest BCUT2D eigenvalue weighted by atomic mass is 10.2. The third-order valence-corrected chi connectivity index (χ3v) is 2.03. The third kappa shape index (κ3) is 4.51. The van der Waals surface area contributed by atoms with Crippen LogP contribution in [0.3, 0.4) is 0 Å². The molecule has 0 aliphatic carbocycles. The van der Waals surface area contributed by atoms with Gasteiger partial charge in [0.25, 0.3) is 0 Å². The van der Waals surface area contributed by atoms with E-state index in [-0.39, 0.29) is 19.6 Å². The summed E-state index contributed by atoms with van der Waals surface area (Å²) in [5.74, 6) is -1.18. The molecule has 0 radical (unpaired) electrons. The van der Waals surface area contributed by atoms with Crippen molar-refractivity contribution < 1.29 is 19.8 Å². The largest absolute Gasteiger partial charge is 0.480 e. The smallest absolute Gasteiger partial charge is 0.326 e. The molecule has 0 bridgehead atoms. The van der Waals surface area contributed by atoms with E-state index in [2.05, 4.69) is 20.8 Å². The van der Waals surface area contributed by atoms with Crippen LogP contribution in [0.2, 0.25) is 0 Å². The number of aromatic nitrogens is 2. The minimum Gasteiger partial charge on any atom is -0.480 e. The van der Waals surface area contributed by atoms with Crippen LogP contribution in [0, 0.1) is 0 Å². The maximum atomic E-state index is 11.3. The Morgan fingerprint density at radius 3 is 2.82 bits per heavy atom. The Labute approximate surface area is 97.0 Å². The van der Waals surface area contributed by atoms with Crippen LogP contribution in [0.1, 0.15) is 12.0 Å². The number of aliphatic carboxylic acids is 1. The van der Waals surface area contributed by atoms with Gasteiger partial charge in [0.2, 0.25) is 0 Å². The van der Waals surface area contributed by atoms with Crippen molar-refractivity contribution >= 4 is 12.0 Å². The number of rotatable bonds is 6. The van der Waals surface area contributed by atoms with Crippen molar-refractivity contribution in [1.29, 1.82) is 0 Å². The minimum atomic E-state index is -1.18. The van der Waals surface area contributed by atoms with Gasteiger partial charge >= 0.3 is 12.0 Å². The molecule has 94 valence electrons. The molecule has 1 aromatic rings. The number of carbonyl (C=O) groups excluding carboxylic acids is 1. The molecule has 17 heavy (non-hydrogen) atoms. The molecule has 8 nitrogen and oxygen atoms in total. The van der Waals surface area contributed by atoms with E-state index in [4.69, 9.17) is 10.2 Å². The summed E-state index contributed by atoms with van der Waals surface area (Å²) in [7, 11) is 0. The van der Waals surface area contributed by atoms with Gasteiger partial charge in [-0.15, -0.1) is 0 Å². The molecule has 0 saturated carbocycles. The third-order valence-electron chi connectivity index (χ3n) is 2.03. The number of hydrogen-bond donors (Lipinski definition) is 5. The fourth-order valence-electron chi connectivity index (χ4n) is 1.15. The van der Waals surface area contributed by atoms with E-state index in [1.165, 1.54) is 0 Å². The number of aromatic amines is 1. The molecule has 0 aromatic carbocycles. The van der Waals surface area contributed by atoms with Gasteiger partial charge in [-0.1, -0.05) is 0 Å². The minimum absolute atomic E-state index is 0.0333. The molecule has 0 saturated heterocycles. The zero-order chi connectivity index (χ0) is 12.7. The summed E-state index contributed by atoms with van der Waals surface area (Å²) in [5, 5.41) is 28.4. The molecule has 8 heteroatoms. The summed E-state index contributed by atoms with van der Waals surface area (Å²) in [5.41, 5.74) is 0.772. The molecule has 1 heterocycles. The highest BCUT2D eigenvalue weighted by atomic mass is 16.4. The molecule has 5 N–H and O–H groups in total. The Bertz CT molecular complexity index is 365. The van der Waals surface area contributed by atoms with Crippen molar-refractivity contribution in [2.45, 2.75) is 19.0 Å². The first-order valence-electron chi connectivity index (χ1n) is 4.99. The van der Waals surface area contributed by atoms with Gasteiger partial charge in [0, 0.05) is 31.3 Å². The predicted molar refractivity (Wildman–Crippen MR) is 57.1 cm³/mol. The molecule has 0 aliphatic rings. The number of carbonyl (C=O) groups is 2. The molecule has 2 amide bonds. The summed E-state index contributed by atoms with van der Waals surface area (Å²) in [4.78, 5) is 22.0. The topological polar surface area (TPSA) is 127 Å². The van der Waals surface area contributed by atoms with Crippen LogP contribution in [0.5, 0.6) is 0 Å². The summed E-state index contributed by atoms with van der Waals surface area (Å²) in [6, 6.07) is -1.70. The Balaban J connectivity index is 2.34. The monoisotopic (exact) mass is 242 g/mol. The van der Waals surface area contributed by atoms with E-state index in [1.807, 2.05) is 0 Å². The number of amides is 2. The number of nitrogens with one attached hydrogen (secondary N) is 3. The van der Waals surface area contributed by atoms with E-state index in [0.29, 0.717) is 0 Å². The quantitative estimate of drug-likeness (QED) is 0.439. The second kappa shape index (κ2) is 6.48. The van der Waals surface area contributed by atoms with Crippen LogP contribution in [0.4, 0.5) is 4.79 Å². The van der Waals surface area contributed by atoms with Crippen LogP contribution in [0.25, 0.3) is 0 Å². The lowest BCUT2D eigenvalue weighted by Crippen LogP contribution is -2.46. The molecule has 1 atom stereocenters. The first kappa shape index (κ1) is 13.0. The number of carboxylic acid groups (broad SMARTS) is 1. The Hall–Kier alpha value is -2.09. The highest BCUT2D eigenvalue weighted by molar-refractivity contribution is 5.82. The number of H-pyrrole nitrogens is 1. The summed E-state index contributed by atoms with van der Waals surface area (Å²) < 4.78 is 0. The second-order valence-electron chi connectivity index (χ2n) is 3.34. The van der Waals surface area contributed by atoms with E-state index in [9.17, 15) is 9.59 Å². The van der Waals surface area contributed by atoms with Gasteiger partial charge in [0.1, 0.15) is 6.04 Å². The van der Waals surface area contributed by atoms with Gasteiger partial charge in [-0.2, -0.15) is 5.10 Å². The van der Waals surface area contributed by atoms with E-state index in [1.54, 1.807) is 12.4 Å². The number of carboxylic acids is 1. The number of nitrogens with zero attached hydrogens (tertiary/aromatic N) is 1. The lowest BCUT2D eigenvalue weighted by molar-refractivity contribution is -0.139. The number of hydrogen-bond acceptors (Lipinski definition) is 4. The number of aliphatic hydroxyl groups excluding tert-OH is 1. The zero-order valence-electron chi connectivity index (χ0n) is 9.01. The summed E-state index contributed by atoms with van der Waals surface area (Å²) in [6.45, 7) is -0.0627. The van der Waals surface area contributed by atoms with Crippen molar-refractivity contribution in [1.82, 2.24) is 20.8 Å². The predicted octanol–water partition coefficient (Wildman–Crippen LogP) is -0.955. The molecular weight excluding hydrogens is 228 g/mol. The normalized spacial score (nSPS) is 11.8. The lowest BCUT2D eigenvalue weighted by Gasteiger charge is -2.13. The van der Waals surface area contributed by atoms with Crippen molar-refractivity contribution in [2.24, 2.45) is 0 Å². The molecule has 0 unspecified atom stereocenters. The molecule has 1 aromatic heterocycles. The van der Waals surface area contributed by atoms with Crippen molar-refractivity contribution in [2.75, 3.05) is 6.61 Å². The average Bonchev–Trinajstić information content (AvgIpc) is 2.78. The fraction of sp³-hybridized carbons (Fsp3) is 0.444. The Morgan fingerprint density at radius 2 is 2.29 bits per heavy atom. The van der Waals surface area contributed by atoms with E-state index in [0.717, 1.165) is 5.56 Å². The Morgan fingerprint density at radius 1 is 1.53 bits per heavy atom. The van der Waals surface area contributed by atoms with Crippen LogP contribution in [0.15, 0.2) is 12.4 Å². The molecule has 0 aliphatic heterocycles. The van der Waals surface area contributed by atoms with Gasteiger partial charge in [0.15, 0.2) is 0 Å². The summed E-state index contributed by atoms with van der Waals surface area (Å²) in [6.07, 6.45) is 3.12. The molecule has 0 fully saturated rings. The molecular formula is C9H14N4O4. The maximum absolute atomic E-state index is 11.3. The first-order valence-corrected chi connectivity index (χ1v) is 4.99. The standard InChI is InChI=1S/C9H14N4O4/c14-2-1-7(8(15)16)13-9(17)10-3-6-4-11-12-5-6/h4-5,7,14H,1-3H2,(H,11,12)(H,15,16)(H2,10,13,17)/t7-/m0/s1. The first-order chi connectivity index (χ1) is 8.13. The second-order valence-corrected chi connectivity index (χ2v) is 3.34. The van der Waals surface area contributed by atoms with Gasteiger partial charge in [0.05, 0.1) is 6.20 Å². The van der Waals surface area contributed by atoms with E-state index < -0.39 is 18.0 Å². The van der Waals surface area contributed by atoms with Crippen molar-refractivity contribution in [3.05, 3.63) is 18.0 Å². The van der Waals surface area contributed by atoms with Gasteiger partial charge in [-0.25, -0.2) is 9.59 Å². The SMILES string of the molecule is O=C(NCc1cn[nH]c1)N[C@@H](CCO)C(=O)O. The average molecular weight is 242 g/mol.